The van der Waals surface area contributed by atoms with Gasteiger partial charge in [-0.2, -0.15) is 0 Å². The topological polar surface area (TPSA) is 56.5 Å². The number of hydrogen-bond acceptors (Lipinski definition) is 4. The van der Waals surface area contributed by atoms with E-state index in [0.29, 0.717) is 19.8 Å². The van der Waals surface area contributed by atoms with E-state index in [1.54, 1.807) is 0 Å². The zero-order valence-electron chi connectivity index (χ0n) is 9.83. The summed E-state index contributed by atoms with van der Waals surface area (Å²) in [7, 11) is 0. The summed E-state index contributed by atoms with van der Waals surface area (Å²) in [5, 5.41) is 3.34. The van der Waals surface area contributed by atoms with Crippen LogP contribution in [0.4, 0.5) is 11.4 Å². The standard InChI is InChI=1S/C12H17BrN2O2/c1-8-4-12(10(13)5-11(8)14)15-6-9-7-16-2-3-17-9/h4-5,9,15H,2-3,6-7,14H2,1H3. The number of anilines is 2. The van der Waals surface area contributed by atoms with E-state index in [1.165, 1.54) is 0 Å². The van der Waals surface area contributed by atoms with Gasteiger partial charge in [-0.15, -0.1) is 0 Å². The summed E-state index contributed by atoms with van der Waals surface area (Å²) in [6, 6.07) is 3.94. The summed E-state index contributed by atoms with van der Waals surface area (Å²) in [4.78, 5) is 0. The second kappa shape index (κ2) is 5.71. The molecule has 0 amide bonds. The van der Waals surface area contributed by atoms with Crippen molar-refractivity contribution in [3.8, 4) is 0 Å². The lowest BCUT2D eigenvalue weighted by atomic mass is 10.2. The van der Waals surface area contributed by atoms with Crippen molar-refractivity contribution in [1.29, 1.82) is 0 Å². The molecule has 0 bridgehead atoms. The first-order chi connectivity index (χ1) is 8.16. The van der Waals surface area contributed by atoms with Crippen LogP contribution in [0.25, 0.3) is 0 Å². The molecule has 1 unspecified atom stereocenters. The van der Waals surface area contributed by atoms with Crippen molar-refractivity contribution < 1.29 is 9.47 Å². The van der Waals surface area contributed by atoms with E-state index in [2.05, 4.69) is 21.2 Å². The summed E-state index contributed by atoms with van der Waals surface area (Å²) in [6.45, 7) is 4.75. The maximum absolute atomic E-state index is 5.83. The molecule has 1 atom stereocenters. The van der Waals surface area contributed by atoms with Gasteiger partial charge < -0.3 is 20.5 Å². The third-order valence-electron chi connectivity index (χ3n) is 2.76. The van der Waals surface area contributed by atoms with Gasteiger partial charge in [0.05, 0.1) is 25.9 Å². The molecule has 1 fully saturated rings. The predicted octanol–water partition coefficient (Wildman–Crippen LogP) is 2.17. The molecule has 17 heavy (non-hydrogen) atoms. The van der Waals surface area contributed by atoms with Gasteiger partial charge in [0.25, 0.3) is 0 Å². The summed E-state index contributed by atoms with van der Waals surface area (Å²) >= 11 is 3.49. The minimum atomic E-state index is 0.119. The first-order valence-corrected chi connectivity index (χ1v) is 6.45. The van der Waals surface area contributed by atoms with Gasteiger partial charge in [-0.05, 0) is 40.5 Å². The third-order valence-corrected chi connectivity index (χ3v) is 3.42. The normalized spacial score (nSPS) is 20.2. The molecular formula is C12H17BrN2O2. The van der Waals surface area contributed by atoms with E-state index >= 15 is 0 Å². The van der Waals surface area contributed by atoms with Crippen molar-refractivity contribution in [2.75, 3.05) is 37.4 Å². The minimum Gasteiger partial charge on any atom is -0.398 e. The quantitative estimate of drug-likeness (QED) is 0.840. The van der Waals surface area contributed by atoms with Gasteiger partial charge in [-0.3, -0.25) is 0 Å². The van der Waals surface area contributed by atoms with E-state index in [9.17, 15) is 0 Å². The molecule has 0 radical (unpaired) electrons. The van der Waals surface area contributed by atoms with Crippen LogP contribution in [-0.4, -0.2) is 32.5 Å². The molecule has 3 N–H and O–H groups in total. The molecule has 2 rings (SSSR count). The molecule has 0 saturated carbocycles. The van der Waals surface area contributed by atoms with E-state index < -0.39 is 0 Å². The van der Waals surface area contributed by atoms with Gasteiger partial charge in [0.15, 0.2) is 0 Å². The predicted molar refractivity (Wildman–Crippen MR) is 72.3 cm³/mol. The van der Waals surface area contributed by atoms with Crippen molar-refractivity contribution in [3.63, 3.8) is 0 Å². The third kappa shape index (κ3) is 3.34. The maximum atomic E-state index is 5.83. The molecule has 0 aliphatic carbocycles. The monoisotopic (exact) mass is 300 g/mol. The second-order valence-electron chi connectivity index (χ2n) is 4.14. The van der Waals surface area contributed by atoms with Crippen LogP contribution in [0, 0.1) is 6.92 Å². The van der Waals surface area contributed by atoms with Gasteiger partial charge in [0.1, 0.15) is 0 Å². The van der Waals surface area contributed by atoms with E-state index in [1.807, 2.05) is 19.1 Å². The van der Waals surface area contributed by atoms with Crippen LogP contribution in [0.5, 0.6) is 0 Å². The largest absolute Gasteiger partial charge is 0.398 e. The van der Waals surface area contributed by atoms with Crippen molar-refractivity contribution in [3.05, 3.63) is 22.2 Å². The molecule has 5 heteroatoms. The first-order valence-electron chi connectivity index (χ1n) is 5.65. The van der Waals surface area contributed by atoms with Gasteiger partial charge in [-0.1, -0.05) is 0 Å². The molecule has 1 heterocycles. The number of hydrogen-bond donors (Lipinski definition) is 2. The van der Waals surface area contributed by atoms with Crippen LogP contribution in [0.1, 0.15) is 5.56 Å². The number of rotatable bonds is 3. The number of aryl methyl sites for hydroxylation is 1. The lowest BCUT2D eigenvalue weighted by molar-refractivity contribution is -0.0818. The Balaban J connectivity index is 1.96. The van der Waals surface area contributed by atoms with Gasteiger partial charge in [0.2, 0.25) is 0 Å². The Bertz CT molecular complexity index is 392. The fraction of sp³-hybridized carbons (Fsp3) is 0.500. The van der Waals surface area contributed by atoms with Crippen LogP contribution < -0.4 is 11.1 Å². The molecule has 1 aliphatic heterocycles. The summed E-state index contributed by atoms with van der Waals surface area (Å²) < 4.78 is 11.9. The highest BCUT2D eigenvalue weighted by molar-refractivity contribution is 9.10. The molecule has 94 valence electrons. The fourth-order valence-corrected chi connectivity index (χ4v) is 2.21. The lowest BCUT2D eigenvalue weighted by Gasteiger charge is -2.24. The Morgan fingerprint density at radius 3 is 3.00 bits per heavy atom. The number of nitrogen functional groups attached to an aromatic ring is 1. The van der Waals surface area contributed by atoms with E-state index in [-0.39, 0.29) is 6.10 Å². The molecule has 4 nitrogen and oxygen atoms in total. The molecule has 1 aliphatic rings. The lowest BCUT2D eigenvalue weighted by Crippen LogP contribution is -2.34. The summed E-state index contributed by atoms with van der Waals surface area (Å²) in [6.07, 6.45) is 0.119. The molecule has 1 aromatic rings. The van der Waals surface area contributed by atoms with E-state index in [4.69, 9.17) is 15.2 Å². The molecule has 0 aromatic heterocycles. The second-order valence-corrected chi connectivity index (χ2v) is 4.99. The number of ether oxygens (including phenoxy) is 2. The Morgan fingerprint density at radius 1 is 1.47 bits per heavy atom. The number of nitrogens with one attached hydrogen (secondary N) is 1. The molecule has 1 saturated heterocycles. The van der Waals surface area contributed by atoms with Crippen LogP contribution >= 0.6 is 15.9 Å². The highest BCUT2D eigenvalue weighted by Crippen LogP contribution is 2.27. The summed E-state index contributed by atoms with van der Waals surface area (Å²) in [5.41, 5.74) is 8.72. The van der Waals surface area contributed by atoms with Crippen molar-refractivity contribution in [2.24, 2.45) is 0 Å². The Kier molecular flexibility index (Phi) is 4.25. The zero-order valence-corrected chi connectivity index (χ0v) is 11.4. The average Bonchev–Trinajstić information content (AvgIpc) is 2.33. The number of benzene rings is 1. The highest BCUT2D eigenvalue weighted by atomic mass is 79.9. The molecule has 1 aromatic carbocycles. The van der Waals surface area contributed by atoms with Crippen molar-refractivity contribution >= 4 is 27.3 Å². The minimum absolute atomic E-state index is 0.119. The van der Waals surface area contributed by atoms with E-state index in [0.717, 1.165) is 28.0 Å². The van der Waals surface area contributed by atoms with Crippen molar-refractivity contribution in [2.45, 2.75) is 13.0 Å². The Hall–Kier alpha value is -0.780. The van der Waals surface area contributed by atoms with Gasteiger partial charge in [0, 0.05) is 22.4 Å². The van der Waals surface area contributed by atoms with Crippen LogP contribution in [0.2, 0.25) is 0 Å². The van der Waals surface area contributed by atoms with Gasteiger partial charge in [-0.25, -0.2) is 0 Å². The van der Waals surface area contributed by atoms with Crippen LogP contribution in [-0.2, 0) is 9.47 Å². The van der Waals surface area contributed by atoms with Crippen molar-refractivity contribution in [1.82, 2.24) is 0 Å². The number of nitrogens with two attached hydrogens (primary N) is 1. The first kappa shape index (κ1) is 12.7. The Labute approximate surface area is 110 Å². The van der Waals surface area contributed by atoms with Gasteiger partial charge >= 0.3 is 0 Å². The molecule has 0 spiro atoms. The molecular weight excluding hydrogens is 284 g/mol. The average molecular weight is 301 g/mol. The summed E-state index contributed by atoms with van der Waals surface area (Å²) in [5.74, 6) is 0. The smallest absolute Gasteiger partial charge is 0.0981 e. The highest BCUT2D eigenvalue weighted by Gasteiger charge is 2.14. The fourth-order valence-electron chi connectivity index (χ4n) is 1.71. The maximum Gasteiger partial charge on any atom is 0.0981 e. The van der Waals surface area contributed by atoms with Crippen LogP contribution in [0.15, 0.2) is 16.6 Å². The van der Waals surface area contributed by atoms with Crippen LogP contribution in [0.3, 0.4) is 0 Å². The Morgan fingerprint density at radius 2 is 2.29 bits per heavy atom. The number of halogens is 1. The SMILES string of the molecule is Cc1cc(NCC2COCCO2)c(Br)cc1N. The zero-order chi connectivity index (χ0) is 12.3.